The Hall–Kier alpha value is -2.61. The lowest BCUT2D eigenvalue weighted by Crippen LogP contribution is -2.32. The van der Waals surface area contributed by atoms with Crippen molar-refractivity contribution in [3.05, 3.63) is 41.1 Å². The molecule has 1 atom stereocenters. The van der Waals surface area contributed by atoms with E-state index in [-0.39, 0.29) is 0 Å². The summed E-state index contributed by atoms with van der Waals surface area (Å²) in [6.07, 6.45) is 8.04. The smallest absolute Gasteiger partial charge is 0.158 e. The lowest BCUT2D eigenvalue weighted by atomic mass is 10.0. The summed E-state index contributed by atoms with van der Waals surface area (Å²) >= 11 is 0. The van der Waals surface area contributed by atoms with Gasteiger partial charge in [-0.3, -0.25) is 0 Å². The first kappa shape index (κ1) is 16.4. The summed E-state index contributed by atoms with van der Waals surface area (Å²) < 4.78 is 7.55. The fourth-order valence-corrected chi connectivity index (χ4v) is 4.41. The number of fused-ring (bicyclic) bond motifs is 2. The maximum Gasteiger partial charge on any atom is 0.158 e. The Bertz CT molecular complexity index is 1050. The van der Waals surface area contributed by atoms with Crippen molar-refractivity contribution in [2.75, 3.05) is 24.7 Å². The third-order valence-corrected chi connectivity index (χ3v) is 6.11. The van der Waals surface area contributed by atoms with Crippen LogP contribution < -0.4 is 4.90 Å². The van der Waals surface area contributed by atoms with Crippen LogP contribution in [-0.4, -0.2) is 49.3 Å². The second kappa shape index (κ2) is 6.20. The lowest BCUT2D eigenvalue weighted by molar-refractivity contribution is 0.193. The molecule has 0 spiro atoms. The third-order valence-electron chi connectivity index (χ3n) is 6.11. The molecule has 3 aromatic heterocycles. The van der Waals surface area contributed by atoms with Crippen LogP contribution in [0, 0.1) is 6.92 Å². The highest BCUT2D eigenvalue weighted by atomic mass is 16.5. The molecule has 0 radical (unpaired) electrons. The Morgan fingerprint density at radius 2 is 2.04 bits per heavy atom. The van der Waals surface area contributed by atoms with Gasteiger partial charge in [0.05, 0.1) is 18.0 Å². The third kappa shape index (κ3) is 2.58. The second-order valence-corrected chi connectivity index (χ2v) is 8.09. The van der Waals surface area contributed by atoms with Crippen LogP contribution in [0.2, 0.25) is 0 Å². The first-order chi connectivity index (χ1) is 13.8. The molecule has 28 heavy (non-hydrogen) atoms. The zero-order valence-electron chi connectivity index (χ0n) is 16.0. The monoisotopic (exact) mass is 377 g/mol. The van der Waals surface area contributed by atoms with Crippen molar-refractivity contribution in [2.24, 2.45) is 0 Å². The van der Waals surface area contributed by atoms with Crippen LogP contribution in [0.4, 0.5) is 5.82 Å². The molecule has 3 aliphatic rings. The summed E-state index contributed by atoms with van der Waals surface area (Å²) in [6, 6.07) is 0. The number of rotatable bonds is 3. The molecular weight excluding hydrogens is 354 g/mol. The van der Waals surface area contributed by atoms with Gasteiger partial charge >= 0.3 is 0 Å². The van der Waals surface area contributed by atoms with E-state index in [9.17, 15) is 0 Å². The van der Waals surface area contributed by atoms with Crippen LogP contribution >= 0.6 is 0 Å². The average Bonchev–Trinajstić information content (AvgIpc) is 3.33. The number of aryl methyl sites for hydroxylation is 1. The molecular formula is C20H23N7O. The van der Waals surface area contributed by atoms with Crippen LogP contribution in [0.15, 0.2) is 12.5 Å². The molecule has 2 aliphatic heterocycles. The molecule has 1 saturated carbocycles. The van der Waals surface area contributed by atoms with E-state index in [0.717, 1.165) is 67.8 Å². The van der Waals surface area contributed by atoms with Gasteiger partial charge in [-0.2, -0.15) is 5.10 Å². The van der Waals surface area contributed by atoms with Gasteiger partial charge in [0.1, 0.15) is 23.5 Å². The van der Waals surface area contributed by atoms with Gasteiger partial charge in [0.2, 0.25) is 0 Å². The van der Waals surface area contributed by atoms with Crippen molar-refractivity contribution >= 4 is 11.3 Å². The molecule has 5 heterocycles. The Balaban J connectivity index is 1.39. The minimum Gasteiger partial charge on any atom is -0.381 e. The standard InChI is InChI=1S/C20H23N7O/c1-12-24-17(14-5-7-28-10-14)18-20(22-11-23-27(12)18)26-6-4-16-15(9-26)8-21-19(25-16)13-2-3-13/h8,11,13-14H,2-7,9-10H2,1H3/t14-/m0/s1. The zero-order chi connectivity index (χ0) is 18.7. The number of imidazole rings is 1. The number of nitrogens with zero attached hydrogens (tertiary/aromatic N) is 7. The first-order valence-electron chi connectivity index (χ1n) is 10.2. The molecule has 144 valence electrons. The molecule has 0 amide bonds. The van der Waals surface area contributed by atoms with Gasteiger partial charge in [-0.15, -0.1) is 0 Å². The summed E-state index contributed by atoms with van der Waals surface area (Å²) in [5, 5.41) is 4.46. The van der Waals surface area contributed by atoms with E-state index in [4.69, 9.17) is 14.7 Å². The van der Waals surface area contributed by atoms with Crippen molar-refractivity contribution < 1.29 is 4.74 Å². The van der Waals surface area contributed by atoms with Gasteiger partial charge in [0.15, 0.2) is 5.82 Å². The molecule has 6 rings (SSSR count). The van der Waals surface area contributed by atoms with E-state index in [1.165, 1.54) is 24.1 Å². The van der Waals surface area contributed by atoms with Gasteiger partial charge in [-0.25, -0.2) is 24.5 Å². The highest BCUT2D eigenvalue weighted by molar-refractivity contribution is 5.73. The highest BCUT2D eigenvalue weighted by Crippen LogP contribution is 2.39. The van der Waals surface area contributed by atoms with E-state index in [0.29, 0.717) is 11.8 Å². The van der Waals surface area contributed by atoms with Crippen molar-refractivity contribution in [2.45, 2.75) is 51.0 Å². The average molecular weight is 377 g/mol. The molecule has 2 fully saturated rings. The Kier molecular flexibility index (Phi) is 3.62. The van der Waals surface area contributed by atoms with Crippen LogP contribution in [0.25, 0.3) is 5.52 Å². The second-order valence-electron chi connectivity index (χ2n) is 8.09. The molecule has 8 heteroatoms. The van der Waals surface area contributed by atoms with E-state index in [2.05, 4.69) is 20.0 Å². The predicted octanol–water partition coefficient (Wildman–Crippen LogP) is 2.17. The van der Waals surface area contributed by atoms with Gasteiger partial charge < -0.3 is 9.64 Å². The summed E-state index contributed by atoms with van der Waals surface area (Å²) in [4.78, 5) is 21.3. The minimum atomic E-state index is 0.315. The Morgan fingerprint density at radius 1 is 1.11 bits per heavy atom. The summed E-state index contributed by atoms with van der Waals surface area (Å²) in [5.41, 5.74) is 4.49. The minimum absolute atomic E-state index is 0.315. The maximum absolute atomic E-state index is 5.62. The fraction of sp³-hybridized carbons (Fsp3) is 0.550. The molecule has 0 bridgehead atoms. The number of aromatic nitrogens is 6. The van der Waals surface area contributed by atoms with E-state index >= 15 is 0 Å². The molecule has 0 unspecified atom stereocenters. The van der Waals surface area contributed by atoms with Gasteiger partial charge in [0, 0.05) is 49.7 Å². The van der Waals surface area contributed by atoms with Crippen LogP contribution in [0.1, 0.15) is 59.7 Å². The normalized spacial score (nSPS) is 22.0. The van der Waals surface area contributed by atoms with E-state index < -0.39 is 0 Å². The molecule has 0 aromatic carbocycles. The first-order valence-corrected chi connectivity index (χ1v) is 10.2. The highest BCUT2D eigenvalue weighted by Gasteiger charge is 2.30. The molecule has 1 aliphatic carbocycles. The fourth-order valence-electron chi connectivity index (χ4n) is 4.41. The zero-order valence-corrected chi connectivity index (χ0v) is 16.0. The molecule has 0 N–H and O–H groups in total. The number of ether oxygens (including phenoxy) is 1. The quantitative estimate of drug-likeness (QED) is 0.692. The van der Waals surface area contributed by atoms with Crippen molar-refractivity contribution in [3.63, 3.8) is 0 Å². The van der Waals surface area contributed by atoms with Gasteiger partial charge in [-0.05, 0) is 26.2 Å². The largest absolute Gasteiger partial charge is 0.381 e. The molecule has 1 saturated heterocycles. The maximum atomic E-state index is 5.62. The van der Waals surface area contributed by atoms with Crippen molar-refractivity contribution in [3.8, 4) is 0 Å². The lowest BCUT2D eigenvalue weighted by Gasteiger charge is -2.29. The van der Waals surface area contributed by atoms with Crippen molar-refractivity contribution in [1.29, 1.82) is 0 Å². The summed E-state index contributed by atoms with van der Waals surface area (Å²) in [7, 11) is 0. The Labute approximate surface area is 163 Å². The van der Waals surface area contributed by atoms with Crippen LogP contribution in [0.5, 0.6) is 0 Å². The SMILES string of the molecule is Cc1nc([C@H]2CCOC2)c2c(N3CCc4nc(C5CC5)ncc4C3)ncnn12. The van der Waals surface area contributed by atoms with E-state index in [1.807, 2.05) is 17.6 Å². The van der Waals surface area contributed by atoms with Crippen molar-refractivity contribution in [1.82, 2.24) is 29.5 Å². The molecule has 8 nitrogen and oxygen atoms in total. The topological polar surface area (TPSA) is 81.3 Å². The molecule has 3 aromatic rings. The van der Waals surface area contributed by atoms with Crippen LogP contribution in [-0.2, 0) is 17.7 Å². The number of hydrogen-bond acceptors (Lipinski definition) is 7. The van der Waals surface area contributed by atoms with E-state index in [1.54, 1.807) is 6.33 Å². The number of anilines is 1. The van der Waals surface area contributed by atoms with Gasteiger partial charge in [-0.1, -0.05) is 0 Å². The Morgan fingerprint density at radius 3 is 2.86 bits per heavy atom. The summed E-state index contributed by atoms with van der Waals surface area (Å²) in [5.74, 6) is 3.79. The summed E-state index contributed by atoms with van der Waals surface area (Å²) in [6.45, 7) is 5.19. The van der Waals surface area contributed by atoms with Crippen LogP contribution in [0.3, 0.4) is 0 Å². The number of hydrogen-bond donors (Lipinski definition) is 0. The predicted molar refractivity (Wildman–Crippen MR) is 102 cm³/mol. The van der Waals surface area contributed by atoms with Gasteiger partial charge in [0.25, 0.3) is 0 Å².